The first-order chi connectivity index (χ1) is 9.29. The van der Waals surface area contributed by atoms with Gasteiger partial charge in [0.1, 0.15) is 5.75 Å². The number of aliphatic hydroxyl groups is 1. The highest BCUT2D eigenvalue weighted by atomic mass is 16.5. The molecule has 2 aromatic carbocycles. The normalized spacial score (nSPS) is 10.4. The van der Waals surface area contributed by atoms with Crippen LogP contribution in [0.25, 0.3) is 0 Å². The smallest absolute Gasteiger partial charge is 0.124 e. The molecule has 2 heteroatoms. The molecule has 0 atom stereocenters. The fourth-order valence-corrected chi connectivity index (χ4v) is 2.08. The lowest BCUT2D eigenvalue weighted by atomic mass is 10.1. The van der Waals surface area contributed by atoms with E-state index in [9.17, 15) is 5.11 Å². The van der Waals surface area contributed by atoms with Crippen LogP contribution in [0.15, 0.2) is 48.5 Å². The van der Waals surface area contributed by atoms with Crippen molar-refractivity contribution >= 4 is 0 Å². The first kappa shape index (κ1) is 13.6. The molecule has 2 rings (SSSR count). The second kappa shape index (κ2) is 6.95. The summed E-state index contributed by atoms with van der Waals surface area (Å²) in [5.74, 6) is 0.793. The fourth-order valence-electron chi connectivity index (χ4n) is 2.08. The summed E-state index contributed by atoms with van der Waals surface area (Å²) in [6.45, 7) is 2.71. The highest BCUT2D eigenvalue weighted by Gasteiger charge is 2.03. The zero-order valence-electron chi connectivity index (χ0n) is 11.3. The van der Waals surface area contributed by atoms with E-state index < -0.39 is 0 Å². The zero-order valence-corrected chi connectivity index (χ0v) is 11.3. The Morgan fingerprint density at radius 1 is 1.05 bits per heavy atom. The van der Waals surface area contributed by atoms with Crippen LogP contribution in [-0.4, -0.2) is 11.7 Å². The summed E-state index contributed by atoms with van der Waals surface area (Å²) < 4.78 is 5.74. The van der Waals surface area contributed by atoms with Crippen LogP contribution in [0.1, 0.15) is 23.1 Å². The minimum Gasteiger partial charge on any atom is -0.493 e. The third-order valence-corrected chi connectivity index (χ3v) is 3.10. The summed E-state index contributed by atoms with van der Waals surface area (Å²) in [6.07, 6.45) is 1.99. The van der Waals surface area contributed by atoms with Crippen molar-refractivity contribution in [3.05, 3.63) is 65.2 Å². The van der Waals surface area contributed by atoms with E-state index in [-0.39, 0.29) is 6.61 Å². The van der Waals surface area contributed by atoms with Crippen LogP contribution in [0.3, 0.4) is 0 Å². The van der Waals surface area contributed by atoms with Gasteiger partial charge in [-0.2, -0.15) is 0 Å². The van der Waals surface area contributed by atoms with Crippen LogP contribution in [-0.2, 0) is 13.0 Å². The third-order valence-electron chi connectivity index (χ3n) is 3.10. The number of hydrogen-bond acceptors (Lipinski definition) is 2. The largest absolute Gasteiger partial charge is 0.493 e. The van der Waals surface area contributed by atoms with Gasteiger partial charge < -0.3 is 9.84 Å². The lowest BCUT2D eigenvalue weighted by Crippen LogP contribution is -2.02. The summed E-state index contributed by atoms with van der Waals surface area (Å²) in [7, 11) is 0. The lowest BCUT2D eigenvalue weighted by Gasteiger charge is -2.10. The van der Waals surface area contributed by atoms with Crippen molar-refractivity contribution in [1.29, 1.82) is 0 Å². The first-order valence-corrected chi connectivity index (χ1v) is 6.66. The third kappa shape index (κ3) is 4.11. The van der Waals surface area contributed by atoms with Crippen LogP contribution < -0.4 is 4.74 Å². The molecule has 0 radical (unpaired) electrons. The van der Waals surface area contributed by atoms with Crippen molar-refractivity contribution in [2.75, 3.05) is 6.61 Å². The molecule has 0 spiro atoms. The summed E-state index contributed by atoms with van der Waals surface area (Å²) >= 11 is 0. The Labute approximate surface area is 114 Å². The summed E-state index contributed by atoms with van der Waals surface area (Å²) in [5, 5.41) is 9.30. The summed E-state index contributed by atoms with van der Waals surface area (Å²) in [5.41, 5.74) is 3.33. The van der Waals surface area contributed by atoms with Gasteiger partial charge in [-0.25, -0.2) is 0 Å². The molecule has 0 aliphatic rings. The zero-order chi connectivity index (χ0) is 13.5. The van der Waals surface area contributed by atoms with Gasteiger partial charge in [-0.05, 0) is 31.4 Å². The minimum absolute atomic E-state index is 0.0235. The Morgan fingerprint density at radius 2 is 1.84 bits per heavy atom. The molecule has 0 unspecified atom stereocenters. The molecule has 0 amide bonds. The van der Waals surface area contributed by atoms with Gasteiger partial charge in [0.15, 0.2) is 0 Å². The van der Waals surface area contributed by atoms with Crippen molar-refractivity contribution in [3.8, 4) is 5.75 Å². The van der Waals surface area contributed by atoms with E-state index >= 15 is 0 Å². The van der Waals surface area contributed by atoms with Crippen LogP contribution in [0.5, 0.6) is 5.75 Å². The van der Waals surface area contributed by atoms with Crippen LogP contribution >= 0.6 is 0 Å². The average Bonchev–Trinajstić information content (AvgIpc) is 2.46. The van der Waals surface area contributed by atoms with Gasteiger partial charge in [-0.1, -0.05) is 48.0 Å². The van der Waals surface area contributed by atoms with Gasteiger partial charge in [-0.15, -0.1) is 0 Å². The van der Waals surface area contributed by atoms with Crippen LogP contribution in [0.4, 0.5) is 0 Å². The number of rotatable bonds is 6. The second-order valence-corrected chi connectivity index (χ2v) is 4.71. The number of ether oxygens (including phenoxy) is 1. The van der Waals surface area contributed by atoms with Crippen molar-refractivity contribution < 1.29 is 9.84 Å². The molecule has 19 heavy (non-hydrogen) atoms. The minimum atomic E-state index is 0.0235. The second-order valence-electron chi connectivity index (χ2n) is 4.71. The summed E-state index contributed by atoms with van der Waals surface area (Å²) in [6, 6.07) is 16.3. The van der Waals surface area contributed by atoms with Crippen molar-refractivity contribution in [2.45, 2.75) is 26.4 Å². The molecule has 0 heterocycles. The Balaban J connectivity index is 1.83. The van der Waals surface area contributed by atoms with Crippen molar-refractivity contribution in [2.24, 2.45) is 0 Å². The molecule has 1 N–H and O–H groups in total. The molecule has 100 valence electrons. The van der Waals surface area contributed by atoms with E-state index in [0.717, 1.165) is 29.7 Å². The SMILES string of the molecule is Cc1ccc(OCCCc2ccccc2)c(CO)c1. The molecule has 0 aromatic heterocycles. The molecule has 0 bridgehead atoms. The molecular formula is C17H20O2. The monoisotopic (exact) mass is 256 g/mol. The van der Waals surface area contributed by atoms with E-state index in [0.29, 0.717) is 6.61 Å². The van der Waals surface area contributed by atoms with Crippen molar-refractivity contribution in [1.82, 2.24) is 0 Å². The van der Waals surface area contributed by atoms with E-state index in [4.69, 9.17) is 4.74 Å². The molecule has 0 saturated heterocycles. The van der Waals surface area contributed by atoms with Crippen LogP contribution in [0.2, 0.25) is 0 Å². The van der Waals surface area contributed by atoms with Gasteiger partial charge in [0.05, 0.1) is 13.2 Å². The molecule has 0 aliphatic carbocycles. The fraction of sp³-hybridized carbons (Fsp3) is 0.294. The quantitative estimate of drug-likeness (QED) is 0.802. The Morgan fingerprint density at radius 3 is 2.58 bits per heavy atom. The van der Waals surface area contributed by atoms with E-state index in [2.05, 4.69) is 24.3 Å². The molecule has 2 nitrogen and oxygen atoms in total. The lowest BCUT2D eigenvalue weighted by molar-refractivity contribution is 0.261. The molecule has 0 saturated carbocycles. The predicted molar refractivity (Wildman–Crippen MR) is 77.4 cm³/mol. The topological polar surface area (TPSA) is 29.5 Å². The Bertz CT molecular complexity index is 506. The maximum absolute atomic E-state index is 9.30. The number of hydrogen-bond donors (Lipinski definition) is 1. The van der Waals surface area contributed by atoms with Gasteiger partial charge in [-0.3, -0.25) is 0 Å². The van der Waals surface area contributed by atoms with E-state index in [1.165, 1.54) is 5.56 Å². The van der Waals surface area contributed by atoms with Gasteiger partial charge in [0, 0.05) is 5.56 Å². The Kier molecular flexibility index (Phi) is 4.99. The highest BCUT2D eigenvalue weighted by molar-refractivity contribution is 5.36. The van der Waals surface area contributed by atoms with Gasteiger partial charge >= 0.3 is 0 Å². The first-order valence-electron chi connectivity index (χ1n) is 6.66. The maximum Gasteiger partial charge on any atom is 0.124 e. The van der Waals surface area contributed by atoms with Crippen molar-refractivity contribution in [3.63, 3.8) is 0 Å². The molecular weight excluding hydrogens is 236 g/mol. The van der Waals surface area contributed by atoms with E-state index in [1.54, 1.807) is 0 Å². The number of aliphatic hydroxyl groups excluding tert-OH is 1. The molecule has 0 fully saturated rings. The number of aryl methyl sites for hydroxylation is 2. The van der Waals surface area contributed by atoms with Crippen LogP contribution in [0, 0.1) is 6.92 Å². The highest BCUT2D eigenvalue weighted by Crippen LogP contribution is 2.20. The van der Waals surface area contributed by atoms with Gasteiger partial charge in [0.25, 0.3) is 0 Å². The molecule has 2 aromatic rings. The molecule has 0 aliphatic heterocycles. The summed E-state index contributed by atoms with van der Waals surface area (Å²) in [4.78, 5) is 0. The average molecular weight is 256 g/mol. The van der Waals surface area contributed by atoms with E-state index in [1.807, 2.05) is 31.2 Å². The maximum atomic E-state index is 9.30. The predicted octanol–water partition coefficient (Wildman–Crippen LogP) is 3.50. The Hall–Kier alpha value is -1.80. The number of benzene rings is 2. The standard InChI is InChI=1S/C17H20O2/c1-14-9-10-17(16(12-14)13-18)19-11-5-8-15-6-3-2-4-7-15/h2-4,6-7,9-10,12,18H,5,8,11,13H2,1H3. The van der Waals surface area contributed by atoms with Gasteiger partial charge in [0.2, 0.25) is 0 Å².